The van der Waals surface area contributed by atoms with E-state index in [1.54, 1.807) is 19.9 Å². The fourth-order valence-corrected chi connectivity index (χ4v) is 2.40. The minimum atomic E-state index is -0.405. The third-order valence-corrected chi connectivity index (χ3v) is 3.36. The van der Waals surface area contributed by atoms with E-state index in [0.29, 0.717) is 21.9 Å². The van der Waals surface area contributed by atoms with Gasteiger partial charge in [0.25, 0.3) is 11.1 Å². The molecule has 5 nitrogen and oxygen atoms in total. The van der Waals surface area contributed by atoms with Crippen molar-refractivity contribution in [3.63, 3.8) is 0 Å². The Bertz CT molecular complexity index is 529. The fourth-order valence-electron chi connectivity index (χ4n) is 1.61. The molecule has 0 saturated carbocycles. The quantitative estimate of drug-likeness (QED) is 0.540. The summed E-state index contributed by atoms with van der Waals surface area (Å²) in [5.74, 6) is -0.405. The van der Waals surface area contributed by atoms with Crippen LogP contribution in [0.3, 0.4) is 0 Å². The molecule has 2 aliphatic heterocycles. The number of carbonyl (C=O) groups is 3. The maximum Gasteiger partial charge on any atom is 0.291 e. The van der Waals surface area contributed by atoms with Gasteiger partial charge in [-0.2, -0.15) is 0 Å². The van der Waals surface area contributed by atoms with E-state index in [1.165, 1.54) is 0 Å². The van der Waals surface area contributed by atoms with Crippen molar-refractivity contribution in [1.82, 2.24) is 10.6 Å². The molecular formula is C11H10N2O3S. The monoisotopic (exact) mass is 250 g/mol. The van der Waals surface area contributed by atoms with Gasteiger partial charge in [0.15, 0.2) is 6.29 Å². The molecule has 2 N–H and O–H groups in total. The molecule has 0 unspecified atom stereocenters. The van der Waals surface area contributed by atoms with Crippen LogP contribution in [0.4, 0.5) is 4.79 Å². The fraction of sp³-hybridized carbons (Fsp3) is 0.182. The molecule has 0 aromatic rings. The van der Waals surface area contributed by atoms with Crippen LogP contribution in [0.25, 0.3) is 0 Å². The largest absolute Gasteiger partial charge is 0.357 e. The van der Waals surface area contributed by atoms with Crippen molar-refractivity contribution in [3.8, 4) is 0 Å². The molecule has 2 rings (SSSR count). The van der Waals surface area contributed by atoms with Crippen LogP contribution in [-0.4, -0.2) is 17.4 Å². The SMILES string of the molecule is CC1=CC(C=O)=C(C)N/C1=C1\SC(=O)NC1=O. The van der Waals surface area contributed by atoms with Gasteiger partial charge in [0.05, 0.1) is 5.70 Å². The van der Waals surface area contributed by atoms with Gasteiger partial charge in [-0.05, 0) is 37.3 Å². The van der Waals surface area contributed by atoms with Crippen molar-refractivity contribution >= 4 is 29.2 Å². The zero-order chi connectivity index (χ0) is 12.6. The van der Waals surface area contributed by atoms with E-state index in [9.17, 15) is 14.4 Å². The summed E-state index contributed by atoms with van der Waals surface area (Å²) >= 11 is 0.861. The lowest BCUT2D eigenvalue weighted by atomic mass is 10.0. The molecule has 17 heavy (non-hydrogen) atoms. The number of carbonyl (C=O) groups excluding carboxylic acids is 3. The smallest absolute Gasteiger partial charge is 0.291 e. The maximum atomic E-state index is 11.5. The molecule has 0 bridgehead atoms. The van der Waals surface area contributed by atoms with Gasteiger partial charge in [-0.3, -0.25) is 19.7 Å². The second-order valence-corrected chi connectivity index (χ2v) is 4.68. The van der Waals surface area contributed by atoms with Crippen molar-refractivity contribution in [1.29, 1.82) is 0 Å². The number of aldehydes is 1. The van der Waals surface area contributed by atoms with Gasteiger partial charge in [-0.15, -0.1) is 0 Å². The van der Waals surface area contributed by atoms with Crippen LogP contribution in [0.1, 0.15) is 13.8 Å². The predicted octanol–water partition coefficient (Wildman–Crippen LogP) is 1.20. The molecule has 1 saturated heterocycles. The van der Waals surface area contributed by atoms with Gasteiger partial charge in [0.2, 0.25) is 0 Å². The molecule has 0 aliphatic carbocycles. The summed E-state index contributed by atoms with van der Waals surface area (Å²) in [6.45, 7) is 3.52. The van der Waals surface area contributed by atoms with Crippen molar-refractivity contribution in [2.75, 3.05) is 0 Å². The lowest BCUT2D eigenvalue weighted by Gasteiger charge is -2.19. The molecule has 1 fully saturated rings. The maximum absolute atomic E-state index is 11.5. The summed E-state index contributed by atoms with van der Waals surface area (Å²) in [5.41, 5.74) is 2.55. The van der Waals surface area contributed by atoms with Gasteiger partial charge in [0, 0.05) is 11.3 Å². The van der Waals surface area contributed by atoms with Gasteiger partial charge < -0.3 is 5.32 Å². The summed E-state index contributed by atoms with van der Waals surface area (Å²) < 4.78 is 0. The number of dihydropyridines is 1. The van der Waals surface area contributed by atoms with Crippen LogP contribution in [0.15, 0.2) is 33.5 Å². The highest BCUT2D eigenvalue weighted by atomic mass is 32.2. The Morgan fingerprint density at radius 2 is 1.94 bits per heavy atom. The number of rotatable bonds is 1. The van der Waals surface area contributed by atoms with Crippen molar-refractivity contribution in [3.05, 3.63) is 33.5 Å². The van der Waals surface area contributed by atoms with Crippen LogP contribution in [0.2, 0.25) is 0 Å². The summed E-state index contributed by atoms with van der Waals surface area (Å²) in [5, 5.41) is 4.81. The van der Waals surface area contributed by atoms with Crippen LogP contribution >= 0.6 is 11.8 Å². The molecule has 2 aliphatic rings. The van der Waals surface area contributed by atoms with E-state index in [-0.39, 0.29) is 5.24 Å². The van der Waals surface area contributed by atoms with Crippen LogP contribution in [0, 0.1) is 0 Å². The Balaban J connectivity index is 2.45. The number of nitrogens with one attached hydrogen (secondary N) is 2. The van der Waals surface area contributed by atoms with Crippen molar-refractivity contribution < 1.29 is 14.4 Å². The average molecular weight is 250 g/mol. The van der Waals surface area contributed by atoms with E-state index in [2.05, 4.69) is 10.6 Å². The minimum Gasteiger partial charge on any atom is -0.357 e. The molecule has 6 heteroatoms. The highest BCUT2D eigenvalue weighted by Crippen LogP contribution is 2.31. The second kappa shape index (κ2) is 4.21. The van der Waals surface area contributed by atoms with Gasteiger partial charge >= 0.3 is 0 Å². The predicted molar refractivity (Wildman–Crippen MR) is 63.8 cm³/mol. The average Bonchev–Trinajstić information content (AvgIpc) is 2.60. The Hall–Kier alpha value is -1.82. The standard InChI is InChI=1S/C11H10N2O3S/c1-5-3-7(4-14)6(2)12-8(5)9-10(15)13-11(16)17-9/h3-4,12H,1-2H3,(H,13,15,16)/b9-8-. The number of amides is 2. The zero-order valence-electron chi connectivity index (χ0n) is 9.29. The summed E-state index contributed by atoms with van der Waals surface area (Å²) in [4.78, 5) is 33.7. The van der Waals surface area contributed by atoms with E-state index < -0.39 is 5.91 Å². The minimum absolute atomic E-state index is 0.341. The number of imide groups is 1. The van der Waals surface area contributed by atoms with Crippen molar-refractivity contribution in [2.24, 2.45) is 0 Å². The number of allylic oxidation sites excluding steroid dienone is 4. The Morgan fingerprint density at radius 1 is 1.24 bits per heavy atom. The molecular weight excluding hydrogens is 240 g/mol. The molecule has 0 spiro atoms. The second-order valence-electron chi connectivity index (χ2n) is 3.70. The van der Waals surface area contributed by atoms with Gasteiger partial charge in [-0.25, -0.2) is 0 Å². The molecule has 0 radical (unpaired) electrons. The molecule has 0 atom stereocenters. The Morgan fingerprint density at radius 3 is 2.47 bits per heavy atom. The summed E-state index contributed by atoms with van der Waals surface area (Å²) in [6, 6.07) is 0. The number of thioether (sulfide) groups is 1. The van der Waals surface area contributed by atoms with Gasteiger partial charge in [-0.1, -0.05) is 0 Å². The molecule has 2 amide bonds. The molecule has 0 aromatic heterocycles. The normalized spacial score (nSPS) is 24.5. The summed E-state index contributed by atoms with van der Waals surface area (Å²) in [6.07, 6.45) is 2.44. The highest BCUT2D eigenvalue weighted by Gasteiger charge is 2.30. The van der Waals surface area contributed by atoms with E-state index in [4.69, 9.17) is 0 Å². The van der Waals surface area contributed by atoms with E-state index >= 15 is 0 Å². The first-order chi connectivity index (χ1) is 8.02. The molecule has 88 valence electrons. The zero-order valence-corrected chi connectivity index (χ0v) is 10.1. The lowest BCUT2D eigenvalue weighted by molar-refractivity contribution is -0.115. The topological polar surface area (TPSA) is 75.3 Å². The van der Waals surface area contributed by atoms with E-state index in [0.717, 1.165) is 23.6 Å². The van der Waals surface area contributed by atoms with Crippen LogP contribution in [-0.2, 0) is 9.59 Å². The number of hydrogen-bond acceptors (Lipinski definition) is 5. The van der Waals surface area contributed by atoms with Crippen molar-refractivity contribution in [2.45, 2.75) is 13.8 Å². The first kappa shape index (κ1) is 11.7. The number of hydrogen-bond donors (Lipinski definition) is 2. The van der Waals surface area contributed by atoms with Crippen LogP contribution < -0.4 is 10.6 Å². The first-order valence-electron chi connectivity index (χ1n) is 4.92. The Kier molecular flexibility index (Phi) is 2.89. The van der Waals surface area contributed by atoms with Crippen LogP contribution in [0.5, 0.6) is 0 Å². The lowest BCUT2D eigenvalue weighted by Crippen LogP contribution is -2.23. The Labute approximate surface area is 102 Å². The van der Waals surface area contributed by atoms with Gasteiger partial charge in [0.1, 0.15) is 4.91 Å². The summed E-state index contributed by atoms with van der Waals surface area (Å²) in [7, 11) is 0. The molecule has 0 aromatic carbocycles. The van der Waals surface area contributed by atoms with E-state index in [1.807, 2.05) is 0 Å². The third-order valence-electron chi connectivity index (χ3n) is 2.48. The highest BCUT2D eigenvalue weighted by molar-refractivity contribution is 8.18. The molecule has 2 heterocycles. The third kappa shape index (κ3) is 2.03. The first-order valence-corrected chi connectivity index (χ1v) is 5.73.